The first-order valence-electron chi connectivity index (χ1n) is 7.86. The molecule has 1 fully saturated rings. The van der Waals surface area contributed by atoms with Gasteiger partial charge in [-0.05, 0) is 37.1 Å². The van der Waals surface area contributed by atoms with Crippen LogP contribution in [-0.4, -0.2) is 32.6 Å². The fourth-order valence-corrected chi connectivity index (χ4v) is 3.46. The minimum Gasteiger partial charge on any atom is -0.385 e. The number of halogens is 2. The monoisotopic (exact) mass is 337 g/mol. The molecule has 3 rings (SSSR count). The van der Waals surface area contributed by atoms with Crippen molar-refractivity contribution in [1.82, 2.24) is 14.5 Å². The Balaban J connectivity index is 1.66. The second kappa shape index (κ2) is 6.99. The average Bonchev–Trinajstić information content (AvgIpc) is 2.96. The van der Waals surface area contributed by atoms with E-state index in [4.69, 9.17) is 11.6 Å². The van der Waals surface area contributed by atoms with E-state index in [0.717, 1.165) is 31.5 Å². The minimum atomic E-state index is -0.561. The van der Waals surface area contributed by atoms with Crippen LogP contribution in [0.25, 0.3) is 0 Å². The van der Waals surface area contributed by atoms with Gasteiger partial charge in [0, 0.05) is 38.4 Å². The quantitative estimate of drug-likeness (QED) is 0.931. The van der Waals surface area contributed by atoms with Crippen LogP contribution < -0.4 is 0 Å². The van der Waals surface area contributed by atoms with Gasteiger partial charge in [0.05, 0.1) is 5.02 Å². The summed E-state index contributed by atoms with van der Waals surface area (Å²) in [5.41, 5.74) is 0.989. The summed E-state index contributed by atoms with van der Waals surface area (Å²) in [5, 5.41) is 10.8. The molecule has 1 aromatic heterocycles. The largest absolute Gasteiger partial charge is 0.385 e. The Kier molecular flexibility index (Phi) is 4.99. The van der Waals surface area contributed by atoms with Gasteiger partial charge in [0.15, 0.2) is 0 Å². The SMILES string of the molecule is Cn1ccnc1C(O)C1CCCN(Cc2ccc(F)c(Cl)c2)C1. The second-order valence-corrected chi connectivity index (χ2v) is 6.63. The molecule has 0 bridgehead atoms. The number of likely N-dealkylation sites (tertiary alicyclic amines) is 1. The number of nitrogens with zero attached hydrogens (tertiary/aromatic N) is 3. The molecule has 0 spiro atoms. The standard InChI is InChI=1S/C17H21ClFN3O/c1-21-8-6-20-17(21)16(23)13-3-2-7-22(11-13)10-12-4-5-15(19)14(18)9-12/h4-6,8-9,13,16,23H,2-3,7,10-11H2,1H3. The molecule has 23 heavy (non-hydrogen) atoms. The van der Waals surface area contributed by atoms with Crippen LogP contribution >= 0.6 is 11.6 Å². The van der Waals surface area contributed by atoms with Gasteiger partial charge in [0.2, 0.25) is 0 Å². The molecular weight excluding hydrogens is 317 g/mol. The van der Waals surface area contributed by atoms with Crippen molar-refractivity contribution < 1.29 is 9.50 Å². The van der Waals surface area contributed by atoms with E-state index >= 15 is 0 Å². The molecular formula is C17H21ClFN3O. The molecule has 1 N–H and O–H groups in total. The van der Waals surface area contributed by atoms with Crippen LogP contribution in [0.1, 0.15) is 30.3 Å². The predicted octanol–water partition coefficient (Wildman–Crippen LogP) is 3.16. The highest BCUT2D eigenvalue weighted by Gasteiger charge is 2.29. The van der Waals surface area contributed by atoms with Gasteiger partial charge in [0.1, 0.15) is 17.7 Å². The summed E-state index contributed by atoms with van der Waals surface area (Å²) in [6.07, 6.45) is 5.00. The van der Waals surface area contributed by atoms with E-state index in [1.807, 2.05) is 17.8 Å². The molecule has 124 valence electrons. The molecule has 4 nitrogen and oxygen atoms in total. The van der Waals surface area contributed by atoms with Gasteiger partial charge in [-0.15, -0.1) is 0 Å². The molecule has 1 aliphatic heterocycles. The first kappa shape index (κ1) is 16.4. The highest BCUT2D eigenvalue weighted by atomic mass is 35.5. The molecule has 0 radical (unpaired) electrons. The Morgan fingerprint density at radius 3 is 3.00 bits per heavy atom. The second-order valence-electron chi connectivity index (χ2n) is 6.23. The lowest BCUT2D eigenvalue weighted by molar-refractivity contribution is 0.0405. The third kappa shape index (κ3) is 3.74. The number of aromatic nitrogens is 2. The molecule has 1 aromatic carbocycles. The van der Waals surface area contributed by atoms with Crippen LogP contribution in [0.4, 0.5) is 4.39 Å². The molecule has 0 aliphatic carbocycles. The summed E-state index contributed by atoms with van der Waals surface area (Å²) >= 11 is 5.85. The van der Waals surface area contributed by atoms with Crippen LogP contribution in [-0.2, 0) is 13.6 Å². The molecule has 2 unspecified atom stereocenters. The Bertz CT molecular complexity index is 676. The summed E-state index contributed by atoms with van der Waals surface area (Å²) in [5.74, 6) is 0.472. The van der Waals surface area contributed by atoms with Crippen molar-refractivity contribution in [2.45, 2.75) is 25.5 Å². The van der Waals surface area contributed by atoms with Crippen molar-refractivity contribution in [2.24, 2.45) is 13.0 Å². The van der Waals surface area contributed by atoms with Crippen LogP contribution in [0, 0.1) is 11.7 Å². The number of aryl methyl sites for hydroxylation is 1. The maximum absolute atomic E-state index is 13.3. The van der Waals surface area contributed by atoms with Crippen LogP contribution in [0.3, 0.4) is 0 Å². The van der Waals surface area contributed by atoms with Crippen molar-refractivity contribution >= 4 is 11.6 Å². The zero-order chi connectivity index (χ0) is 16.4. The number of aliphatic hydroxyl groups excluding tert-OH is 1. The molecule has 0 amide bonds. The fraction of sp³-hybridized carbons (Fsp3) is 0.471. The maximum Gasteiger partial charge on any atom is 0.141 e. The van der Waals surface area contributed by atoms with E-state index in [-0.39, 0.29) is 10.9 Å². The van der Waals surface area contributed by atoms with Crippen molar-refractivity contribution in [3.05, 3.63) is 52.8 Å². The Hall–Kier alpha value is -1.43. The minimum absolute atomic E-state index is 0.153. The molecule has 0 saturated carbocycles. The van der Waals surface area contributed by atoms with Gasteiger partial charge < -0.3 is 9.67 Å². The molecule has 2 atom stereocenters. The zero-order valence-electron chi connectivity index (χ0n) is 13.1. The summed E-state index contributed by atoms with van der Waals surface area (Å²) in [6, 6.07) is 4.84. The topological polar surface area (TPSA) is 41.3 Å². The lowest BCUT2D eigenvalue weighted by Gasteiger charge is -2.35. The third-order valence-corrected chi connectivity index (χ3v) is 4.79. The Labute approximate surface area is 140 Å². The van der Waals surface area contributed by atoms with Gasteiger partial charge >= 0.3 is 0 Å². The number of piperidine rings is 1. The van der Waals surface area contributed by atoms with Crippen molar-refractivity contribution in [3.63, 3.8) is 0 Å². The maximum atomic E-state index is 13.3. The normalized spacial score (nSPS) is 20.6. The van der Waals surface area contributed by atoms with Gasteiger partial charge in [-0.3, -0.25) is 4.90 Å². The highest BCUT2D eigenvalue weighted by Crippen LogP contribution is 2.29. The number of benzene rings is 1. The number of imidazole rings is 1. The number of aliphatic hydroxyl groups is 1. The van der Waals surface area contributed by atoms with E-state index in [2.05, 4.69) is 9.88 Å². The number of hydrogen-bond donors (Lipinski definition) is 1. The summed E-state index contributed by atoms with van der Waals surface area (Å²) < 4.78 is 15.1. The number of hydrogen-bond acceptors (Lipinski definition) is 3. The van der Waals surface area contributed by atoms with E-state index in [0.29, 0.717) is 12.4 Å². The third-order valence-electron chi connectivity index (χ3n) is 4.50. The highest BCUT2D eigenvalue weighted by molar-refractivity contribution is 6.30. The Morgan fingerprint density at radius 2 is 2.30 bits per heavy atom. The lowest BCUT2D eigenvalue weighted by Crippen LogP contribution is -2.37. The average molecular weight is 338 g/mol. The number of rotatable bonds is 4. The molecule has 6 heteroatoms. The van der Waals surface area contributed by atoms with Crippen molar-refractivity contribution in [3.8, 4) is 0 Å². The van der Waals surface area contributed by atoms with E-state index < -0.39 is 11.9 Å². The smallest absolute Gasteiger partial charge is 0.141 e. The van der Waals surface area contributed by atoms with Crippen LogP contribution in [0.15, 0.2) is 30.6 Å². The van der Waals surface area contributed by atoms with E-state index in [1.165, 1.54) is 6.07 Å². The van der Waals surface area contributed by atoms with Gasteiger partial charge in [-0.1, -0.05) is 17.7 Å². The van der Waals surface area contributed by atoms with E-state index in [9.17, 15) is 9.50 Å². The molecule has 1 aliphatic rings. The van der Waals surface area contributed by atoms with Crippen molar-refractivity contribution in [2.75, 3.05) is 13.1 Å². The summed E-state index contributed by atoms with van der Waals surface area (Å²) in [7, 11) is 1.90. The van der Waals surface area contributed by atoms with E-state index in [1.54, 1.807) is 18.3 Å². The fourth-order valence-electron chi connectivity index (χ4n) is 3.26. The van der Waals surface area contributed by atoms with Crippen LogP contribution in [0.2, 0.25) is 5.02 Å². The molecule has 2 heterocycles. The van der Waals surface area contributed by atoms with Gasteiger partial charge in [-0.25, -0.2) is 9.37 Å². The summed E-state index contributed by atoms with van der Waals surface area (Å²) in [4.78, 5) is 6.54. The van der Waals surface area contributed by atoms with Gasteiger partial charge in [0.25, 0.3) is 0 Å². The molecule has 2 aromatic rings. The van der Waals surface area contributed by atoms with Crippen molar-refractivity contribution in [1.29, 1.82) is 0 Å². The first-order chi connectivity index (χ1) is 11.0. The molecule has 1 saturated heterocycles. The van der Waals surface area contributed by atoms with Crippen LogP contribution in [0.5, 0.6) is 0 Å². The summed E-state index contributed by atoms with van der Waals surface area (Å²) in [6.45, 7) is 2.48. The zero-order valence-corrected chi connectivity index (χ0v) is 13.9. The first-order valence-corrected chi connectivity index (χ1v) is 8.24. The predicted molar refractivity (Wildman–Crippen MR) is 87.6 cm³/mol. The lowest BCUT2D eigenvalue weighted by atomic mass is 9.91. The van der Waals surface area contributed by atoms with Gasteiger partial charge in [-0.2, -0.15) is 0 Å². The Morgan fingerprint density at radius 1 is 1.48 bits per heavy atom.